The first-order valence-corrected chi connectivity index (χ1v) is 6.28. The van der Waals surface area contributed by atoms with Crippen LogP contribution in [-0.4, -0.2) is 17.4 Å². The predicted molar refractivity (Wildman–Crippen MR) is 77.5 cm³/mol. The van der Waals surface area contributed by atoms with Crippen molar-refractivity contribution in [1.82, 2.24) is 4.98 Å². The summed E-state index contributed by atoms with van der Waals surface area (Å²) in [5.41, 5.74) is 2.24. The first kappa shape index (κ1) is 13.1. The molecule has 98 valence electrons. The lowest BCUT2D eigenvalue weighted by Gasteiger charge is -2.08. The maximum Gasteiger partial charge on any atom is 0.274 e. The third kappa shape index (κ3) is 3.31. The molecule has 0 aliphatic rings. The molecule has 1 heterocycles. The smallest absolute Gasteiger partial charge is 0.274 e. The van der Waals surface area contributed by atoms with Crippen molar-refractivity contribution in [2.75, 3.05) is 17.2 Å². The first-order chi connectivity index (χ1) is 9.20. The van der Waals surface area contributed by atoms with E-state index in [0.717, 1.165) is 17.8 Å². The summed E-state index contributed by atoms with van der Waals surface area (Å²) in [5.74, 6) is 0.508. The van der Waals surface area contributed by atoms with Gasteiger partial charge in [-0.3, -0.25) is 4.79 Å². The van der Waals surface area contributed by atoms with Gasteiger partial charge in [0.2, 0.25) is 0 Å². The number of aryl methyl sites for hydroxylation is 1. The highest BCUT2D eigenvalue weighted by Crippen LogP contribution is 2.14. The molecule has 4 nitrogen and oxygen atoms in total. The Morgan fingerprint density at radius 2 is 1.95 bits per heavy atom. The molecule has 0 radical (unpaired) electrons. The summed E-state index contributed by atoms with van der Waals surface area (Å²) in [4.78, 5) is 16.4. The van der Waals surface area contributed by atoms with Crippen molar-refractivity contribution < 1.29 is 4.79 Å². The number of pyridine rings is 1. The Bertz CT molecular complexity index is 581. The summed E-state index contributed by atoms with van der Waals surface area (Å²) in [7, 11) is 0. The summed E-state index contributed by atoms with van der Waals surface area (Å²) in [6, 6.07) is 13.0. The van der Waals surface area contributed by atoms with Crippen molar-refractivity contribution in [2.45, 2.75) is 13.8 Å². The topological polar surface area (TPSA) is 54.0 Å². The van der Waals surface area contributed by atoms with E-state index in [0.29, 0.717) is 11.5 Å². The fraction of sp³-hybridized carbons (Fsp3) is 0.200. The van der Waals surface area contributed by atoms with E-state index in [-0.39, 0.29) is 5.91 Å². The zero-order chi connectivity index (χ0) is 13.7. The largest absolute Gasteiger partial charge is 0.370 e. The van der Waals surface area contributed by atoms with Crippen LogP contribution in [0.4, 0.5) is 11.5 Å². The molecule has 2 rings (SSSR count). The molecule has 19 heavy (non-hydrogen) atoms. The molecule has 0 spiro atoms. The maximum absolute atomic E-state index is 12.1. The van der Waals surface area contributed by atoms with Crippen molar-refractivity contribution in [2.24, 2.45) is 0 Å². The molecule has 0 fully saturated rings. The summed E-state index contributed by atoms with van der Waals surface area (Å²) >= 11 is 0. The van der Waals surface area contributed by atoms with Gasteiger partial charge in [-0.15, -0.1) is 0 Å². The van der Waals surface area contributed by atoms with E-state index in [2.05, 4.69) is 15.6 Å². The maximum atomic E-state index is 12.1. The molecule has 1 amide bonds. The minimum absolute atomic E-state index is 0.200. The molecular formula is C15H17N3O. The minimum atomic E-state index is -0.200. The first-order valence-electron chi connectivity index (χ1n) is 6.28. The van der Waals surface area contributed by atoms with E-state index in [1.54, 1.807) is 6.07 Å². The Morgan fingerprint density at radius 1 is 1.16 bits per heavy atom. The highest BCUT2D eigenvalue weighted by atomic mass is 16.1. The van der Waals surface area contributed by atoms with E-state index in [1.807, 2.05) is 50.2 Å². The van der Waals surface area contributed by atoms with Crippen LogP contribution in [0, 0.1) is 6.92 Å². The van der Waals surface area contributed by atoms with E-state index in [9.17, 15) is 4.79 Å². The Hall–Kier alpha value is -2.36. The van der Waals surface area contributed by atoms with Gasteiger partial charge in [-0.1, -0.05) is 24.3 Å². The summed E-state index contributed by atoms with van der Waals surface area (Å²) in [6.45, 7) is 4.72. The Balaban J connectivity index is 2.16. The highest BCUT2D eigenvalue weighted by molar-refractivity contribution is 6.03. The average molecular weight is 255 g/mol. The molecule has 4 heteroatoms. The lowest BCUT2D eigenvalue weighted by Crippen LogP contribution is -2.15. The zero-order valence-corrected chi connectivity index (χ0v) is 11.1. The van der Waals surface area contributed by atoms with Gasteiger partial charge in [-0.05, 0) is 37.6 Å². The standard InChI is InChI=1S/C15H17N3O/c1-3-16-14-10-6-9-13(17-14)15(19)18-12-8-5-4-7-11(12)2/h4-10H,3H2,1-2H3,(H,16,17)(H,18,19). The minimum Gasteiger partial charge on any atom is -0.370 e. The Morgan fingerprint density at radius 3 is 2.68 bits per heavy atom. The number of rotatable bonds is 4. The van der Waals surface area contributed by atoms with Crippen molar-refractivity contribution in [3.63, 3.8) is 0 Å². The fourth-order valence-corrected chi connectivity index (χ4v) is 1.74. The molecule has 0 saturated heterocycles. The van der Waals surface area contributed by atoms with Crippen LogP contribution in [0.15, 0.2) is 42.5 Å². The van der Waals surface area contributed by atoms with Gasteiger partial charge >= 0.3 is 0 Å². The van der Waals surface area contributed by atoms with Gasteiger partial charge in [0.15, 0.2) is 0 Å². The van der Waals surface area contributed by atoms with Crippen molar-refractivity contribution in [3.05, 3.63) is 53.7 Å². The predicted octanol–water partition coefficient (Wildman–Crippen LogP) is 3.07. The van der Waals surface area contributed by atoms with Gasteiger partial charge in [0, 0.05) is 12.2 Å². The van der Waals surface area contributed by atoms with E-state index >= 15 is 0 Å². The van der Waals surface area contributed by atoms with Crippen LogP contribution in [0.25, 0.3) is 0 Å². The van der Waals surface area contributed by atoms with E-state index in [1.165, 1.54) is 0 Å². The number of hydrogen-bond acceptors (Lipinski definition) is 3. The number of hydrogen-bond donors (Lipinski definition) is 2. The summed E-state index contributed by atoms with van der Waals surface area (Å²) < 4.78 is 0. The average Bonchev–Trinajstić information content (AvgIpc) is 2.42. The molecule has 1 aromatic heterocycles. The SMILES string of the molecule is CCNc1cccc(C(=O)Nc2ccccc2C)n1. The number of nitrogens with zero attached hydrogens (tertiary/aromatic N) is 1. The molecular weight excluding hydrogens is 238 g/mol. The molecule has 2 aromatic rings. The van der Waals surface area contributed by atoms with Crippen LogP contribution in [0.1, 0.15) is 23.0 Å². The van der Waals surface area contributed by atoms with Crippen LogP contribution in [0.3, 0.4) is 0 Å². The molecule has 0 saturated carbocycles. The molecule has 0 aliphatic heterocycles. The number of nitrogens with one attached hydrogen (secondary N) is 2. The van der Waals surface area contributed by atoms with Crippen molar-refractivity contribution >= 4 is 17.4 Å². The lowest BCUT2D eigenvalue weighted by atomic mass is 10.2. The molecule has 0 atom stereocenters. The second kappa shape index (κ2) is 6.00. The quantitative estimate of drug-likeness (QED) is 0.882. The van der Waals surface area contributed by atoms with Gasteiger partial charge in [-0.2, -0.15) is 0 Å². The number of carbonyl (C=O) groups excluding carboxylic acids is 1. The normalized spacial score (nSPS) is 10.0. The Kier molecular flexibility index (Phi) is 4.13. The lowest BCUT2D eigenvalue weighted by molar-refractivity contribution is 0.102. The third-order valence-corrected chi connectivity index (χ3v) is 2.73. The van der Waals surface area contributed by atoms with Crippen LogP contribution >= 0.6 is 0 Å². The van der Waals surface area contributed by atoms with Crippen molar-refractivity contribution in [3.8, 4) is 0 Å². The zero-order valence-electron chi connectivity index (χ0n) is 11.1. The van der Waals surface area contributed by atoms with Crippen molar-refractivity contribution in [1.29, 1.82) is 0 Å². The van der Waals surface area contributed by atoms with Gasteiger partial charge in [0.05, 0.1) is 0 Å². The molecule has 2 N–H and O–H groups in total. The Labute approximate surface area is 112 Å². The van der Waals surface area contributed by atoms with Gasteiger partial charge in [0.1, 0.15) is 11.5 Å². The van der Waals surface area contributed by atoms with Crippen LogP contribution in [0.5, 0.6) is 0 Å². The molecule has 1 aromatic carbocycles. The van der Waals surface area contributed by atoms with Gasteiger partial charge in [0.25, 0.3) is 5.91 Å². The number of amides is 1. The van der Waals surface area contributed by atoms with E-state index in [4.69, 9.17) is 0 Å². The van der Waals surface area contributed by atoms with Gasteiger partial charge < -0.3 is 10.6 Å². The molecule has 0 unspecified atom stereocenters. The number of para-hydroxylation sites is 1. The molecule has 0 bridgehead atoms. The van der Waals surface area contributed by atoms with Crippen LogP contribution in [-0.2, 0) is 0 Å². The highest BCUT2D eigenvalue weighted by Gasteiger charge is 2.09. The fourth-order valence-electron chi connectivity index (χ4n) is 1.74. The second-order valence-corrected chi connectivity index (χ2v) is 4.21. The summed E-state index contributed by atoms with van der Waals surface area (Å²) in [5, 5.41) is 5.95. The number of aromatic nitrogens is 1. The van der Waals surface area contributed by atoms with Crippen LogP contribution < -0.4 is 10.6 Å². The monoisotopic (exact) mass is 255 g/mol. The third-order valence-electron chi connectivity index (χ3n) is 2.73. The molecule has 0 aliphatic carbocycles. The number of anilines is 2. The van der Waals surface area contributed by atoms with Crippen LogP contribution in [0.2, 0.25) is 0 Å². The summed E-state index contributed by atoms with van der Waals surface area (Å²) in [6.07, 6.45) is 0. The number of benzene rings is 1. The van der Waals surface area contributed by atoms with E-state index < -0.39 is 0 Å². The van der Waals surface area contributed by atoms with Gasteiger partial charge in [-0.25, -0.2) is 4.98 Å². The number of carbonyl (C=O) groups is 1. The second-order valence-electron chi connectivity index (χ2n) is 4.21.